The molecule has 1 heterocycles. The quantitative estimate of drug-likeness (QED) is 0.512. The number of aliphatic carboxylic acids is 1. The SMILES string of the molecule is CCC(C)[C@H](NC(=O)[C@H](Cc1ccccc1)n1c(=O)[nH]c2ccccc2c1=O)C(=O)O. The summed E-state index contributed by atoms with van der Waals surface area (Å²) in [6, 6.07) is 13.2. The van der Waals surface area contributed by atoms with Crippen molar-refractivity contribution in [1.82, 2.24) is 14.9 Å². The lowest BCUT2D eigenvalue weighted by molar-refractivity contribution is -0.143. The molecule has 0 saturated carbocycles. The number of aromatic nitrogens is 2. The summed E-state index contributed by atoms with van der Waals surface area (Å²) in [7, 11) is 0. The number of rotatable bonds is 8. The molecule has 3 rings (SSSR count). The average molecular weight is 423 g/mol. The number of benzene rings is 2. The summed E-state index contributed by atoms with van der Waals surface area (Å²) in [5, 5.41) is 12.4. The maximum atomic E-state index is 13.2. The standard InChI is InChI=1S/C23H25N3O5/c1-3-14(2)19(22(29)30)25-20(27)18(13-15-9-5-4-6-10-15)26-21(28)16-11-7-8-12-17(16)24-23(26)31/h4-12,14,18-19H,3,13H2,1-2H3,(H,24,31)(H,25,27)(H,29,30)/t14?,18-,19-/m0/s1. The van der Waals surface area contributed by atoms with Gasteiger partial charge in [-0.1, -0.05) is 62.7 Å². The van der Waals surface area contributed by atoms with E-state index in [1.165, 1.54) is 0 Å². The Morgan fingerprint density at radius 2 is 1.71 bits per heavy atom. The van der Waals surface area contributed by atoms with Gasteiger partial charge in [0.2, 0.25) is 5.91 Å². The monoisotopic (exact) mass is 423 g/mol. The van der Waals surface area contributed by atoms with Crippen LogP contribution in [-0.2, 0) is 16.0 Å². The van der Waals surface area contributed by atoms with Crippen molar-refractivity contribution in [1.29, 1.82) is 0 Å². The summed E-state index contributed by atoms with van der Waals surface area (Å²) in [6.45, 7) is 3.55. The van der Waals surface area contributed by atoms with Gasteiger partial charge in [0.15, 0.2) is 0 Å². The molecule has 2 aromatic carbocycles. The highest BCUT2D eigenvalue weighted by Crippen LogP contribution is 2.16. The minimum absolute atomic E-state index is 0.0564. The highest BCUT2D eigenvalue weighted by molar-refractivity contribution is 5.86. The highest BCUT2D eigenvalue weighted by Gasteiger charge is 2.31. The number of nitrogens with zero attached hydrogens (tertiary/aromatic N) is 1. The van der Waals surface area contributed by atoms with Crippen molar-refractivity contribution in [3.8, 4) is 0 Å². The Kier molecular flexibility index (Phi) is 6.69. The lowest BCUT2D eigenvalue weighted by Gasteiger charge is -2.24. The van der Waals surface area contributed by atoms with Gasteiger partial charge in [-0.05, 0) is 23.6 Å². The summed E-state index contributed by atoms with van der Waals surface area (Å²) in [4.78, 5) is 53.5. The van der Waals surface area contributed by atoms with Gasteiger partial charge in [0.1, 0.15) is 12.1 Å². The molecule has 0 aliphatic rings. The Bertz CT molecular complexity index is 1200. The van der Waals surface area contributed by atoms with Crippen molar-refractivity contribution in [2.45, 2.75) is 38.8 Å². The first kappa shape index (κ1) is 22.0. The number of carbonyl (C=O) groups excluding carboxylic acids is 1. The second-order valence-electron chi connectivity index (χ2n) is 7.57. The van der Waals surface area contributed by atoms with Crippen molar-refractivity contribution in [2.75, 3.05) is 0 Å². The lowest BCUT2D eigenvalue weighted by atomic mass is 9.98. The summed E-state index contributed by atoms with van der Waals surface area (Å²) < 4.78 is 0.875. The van der Waals surface area contributed by atoms with Crippen molar-refractivity contribution >= 4 is 22.8 Å². The molecule has 0 bridgehead atoms. The Balaban J connectivity index is 2.10. The molecule has 0 radical (unpaired) electrons. The highest BCUT2D eigenvalue weighted by atomic mass is 16.4. The molecule has 0 aliphatic heterocycles. The third kappa shape index (κ3) is 4.74. The number of hydrogen-bond donors (Lipinski definition) is 3. The zero-order valence-corrected chi connectivity index (χ0v) is 17.4. The Hall–Kier alpha value is -3.68. The molecule has 8 nitrogen and oxygen atoms in total. The number of hydrogen-bond acceptors (Lipinski definition) is 4. The number of nitrogens with one attached hydrogen (secondary N) is 2. The third-order valence-electron chi connectivity index (χ3n) is 5.50. The van der Waals surface area contributed by atoms with Gasteiger partial charge in [-0.2, -0.15) is 0 Å². The average Bonchev–Trinajstić information content (AvgIpc) is 2.76. The second kappa shape index (κ2) is 9.42. The fraction of sp³-hybridized carbons (Fsp3) is 0.304. The summed E-state index contributed by atoms with van der Waals surface area (Å²) in [5.41, 5.74) is -0.228. The molecule has 8 heteroatoms. The van der Waals surface area contributed by atoms with E-state index in [2.05, 4.69) is 10.3 Å². The molecule has 0 spiro atoms. The molecule has 1 unspecified atom stereocenters. The van der Waals surface area contributed by atoms with Gasteiger partial charge >= 0.3 is 11.7 Å². The fourth-order valence-corrected chi connectivity index (χ4v) is 3.53. The molecular weight excluding hydrogens is 398 g/mol. The van der Waals surface area contributed by atoms with E-state index in [1.807, 2.05) is 13.0 Å². The van der Waals surface area contributed by atoms with Crippen molar-refractivity contribution in [3.63, 3.8) is 0 Å². The number of amides is 1. The van der Waals surface area contributed by atoms with Crippen LogP contribution in [0.2, 0.25) is 0 Å². The number of carboxylic acid groups (broad SMARTS) is 1. The van der Waals surface area contributed by atoms with E-state index in [-0.39, 0.29) is 17.7 Å². The van der Waals surface area contributed by atoms with E-state index >= 15 is 0 Å². The number of aromatic amines is 1. The normalized spacial score (nSPS) is 14.0. The van der Waals surface area contributed by atoms with Crippen LogP contribution in [0.4, 0.5) is 0 Å². The van der Waals surface area contributed by atoms with E-state index in [4.69, 9.17) is 0 Å². The molecule has 31 heavy (non-hydrogen) atoms. The number of carbonyl (C=O) groups is 2. The maximum Gasteiger partial charge on any atom is 0.329 e. The van der Waals surface area contributed by atoms with Crippen LogP contribution >= 0.6 is 0 Å². The first-order chi connectivity index (χ1) is 14.8. The molecule has 1 amide bonds. The number of carboxylic acids is 1. The zero-order chi connectivity index (χ0) is 22.5. The second-order valence-corrected chi connectivity index (χ2v) is 7.57. The fourth-order valence-electron chi connectivity index (χ4n) is 3.53. The molecular formula is C23H25N3O5. The molecule has 1 aromatic heterocycles. The van der Waals surface area contributed by atoms with Crippen LogP contribution in [0.15, 0.2) is 64.2 Å². The topological polar surface area (TPSA) is 121 Å². The van der Waals surface area contributed by atoms with Gasteiger partial charge in [-0.25, -0.2) is 14.2 Å². The lowest BCUT2D eigenvalue weighted by Crippen LogP contribution is -2.51. The van der Waals surface area contributed by atoms with Gasteiger partial charge in [-0.15, -0.1) is 0 Å². The van der Waals surface area contributed by atoms with Gasteiger partial charge in [0.25, 0.3) is 5.56 Å². The van der Waals surface area contributed by atoms with Crippen molar-refractivity contribution in [3.05, 3.63) is 81.0 Å². The van der Waals surface area contributed by atoms with Crippen LogP contribution < -0.4 is 16.6 Å². The van der Waals surface area contributed by atoms with E-state index in [1.54, 1.807) is 55.5 Å². The molecule has 0 fully saturated rings. The minimum atomic E-state index is -1.21. The van der Waals surface area contributed by atoms with E-state index in [0.717, 1.165) is 10.1 Å². The number of para-hydroxylation sites is 1. The van der Waals surface area contributed by atoms with Crippen molar-refractivity contribution < 1.29 is 14.7 Å². The molecule has 3 aromatic rings. The Labute approximate surface area is 178 Å². The van der Waals surface area contributed by atoms with Gasteiger partial charge in [0.05, 0.1) is 10.9 Å². The molecule has 0 saturated heterocycles. The van der Waals surface area contributed by atoms with Crippen LogP contribution in [0.5, 0.6) is 0 Å². The van der Waals surface area contributed by atoms with Crippen LogP contribution in [0.3, 0.4) is 0 Å². The molecule has 3 N–H and O–H groups in total. The zero-order valence-electron chi connectivity index (χ0n) is 17.4. The largest absolute Gasteiger partial charge is 0.480 e. The predicted octanol–water partition coefficient (Wildman–Crippen LogP) is 2.09. The first-order valence-electron chi connectivity index (χ1n) is 10.1. The van der Waals surface area contributed by atoms with Crippen molar-refractivity contribution in [2.24, 2.45) is 5.92 Å². The summed E-state index contributed by atoms with van der Waals surface area (Å²) in [5.74, 6) is -2.19. The Morgan fingerprint density at radius 1 is 1.06 bits per heavy atom. The van der Waals surface area contributed by atoms with Crippen LogP contribution in [0.25, 0.3) is 10.9 Å². The van der Waals surface area contributed by atoms with Gasteiger partial charge in [0, 0.05) is 6.42 Å². The number of fused-ring (bicyclic) bond motifs is 1. The van der Waals surface area contributed by atoms with Crippen LogP contribution in [0, 0.1) is 5.92 Å². The maximum absolute atomic E-state index is 13.2. The molecule has 162 valence electrons. The summed E-state index contributed by atoms with van der Waals surface area (Å²) >= 11 is 0. The van der Waals surface area contributed by atoms with E-state index in [0.29, 0.717) is 11.9 Å². The Morgan fingerprint density at radius 3 is 2.35 bits per heavy atom. The van der Waals surface area contributed by atoms with Gasteiger partial charge < -0.3 is 15.4 Å². The van der Waals surface area contributed by atoms with Crippen LogP contribution in [0.1, 0.15) is 31.9 Å². The van der Waals surface area contributed by atoms with Gasteiger partial charge in [-0.3, -0.25) is 9.59 Å². The smallest absolute Gasteiger partial charge is 0.329 e. The predicted molar refractivity (Wildman–Crippen MR) is 117 cm³/mol. The molecule has 0 aliphatic carbocycles. The first-order valence-corrected chi connectivity index (χ1v) is 10.1. The summed E-state index contributed by atoms with van der Waals surface area (Å²) in [6.07, 6.45) is 0.595. The number of H-pyrrole nitrogens is 1. The minimum Gasteiger partial charge on any atom is -0.480 e. The van der Waals surface area contributed by atoms with E-state index in [9.17, 15) is 24.3 Å². The van der Waals surface area contributed by atoms with Crippen LogP contribution in [-0.4, -0.2) is 32.6 Å². The third-order valence-corrected chi connectivity index (χ3v) is 5.50. The van der Waals surface area contributed by atoms with E-state index < -0.39 is 35.2 Å². The molecule has 3 atom stereocenters.